The number of fused-ring (bicyclic) bond motifs is 30. The number of benzene rings is 18. The Morgan fingerprint density at radius 1 is 0.180 bits per heavy atom. The highest BCUT2D eigenvalue weighted by Crippen LogP contribution is 2.65. The smallest absolute Gasteiger partial charge is 0.164 e. The molecule has 0 aliphatic carbocycles. The highest BCUT2D eigenvalue weighted by Gasteiger charge is 2.53. The molecule has 0 saturated carbocycles. The summed E-state index contributed by atoms with van der Waals surface area (Å²) >= 11 is 0. The van der Waals surface area contributed by atoms with Crippen molar-refractivity contribution < 1.29 is 9.47 Å². The molecular weight excluding hydrogens is 1570 g/mol. The highest BCUT2D eigenvalue weighted by molar-refractivity contribution is 6.17. The van der Waals surface area contributed by atoms with E-state index in [0.717, 1.165) is 134 Å². The fraction of sp³-hybridized carbons (Fsp3) is 0.0172. The van der Waals surface area contributed by atoms with Crippen LogP contribution in [-0.2, 0) is 10.8 Å². The zero-order valence-corrected chi connectivity index (χ0v) is 68.7. The molecule has 2 unspecified atom stereocenters. The molecule has 6 aromatic heterocycles. The third-order valence-corrected chi connectivity index (χ3v) is 26.8. The van der Waals surface area contributed by atoms with Gasteiger partial charge in [0.2, 0.25) is 0 Å². The van der Waals surface area contributed by atoms with Crippen LogP contribution in [0.25, 0.3) is 178 Å². The summed E-state index contributed by atoms with van der Waals surface area (Å²) in [5.41, 5.74) is 26.9. The van der Waals surface area contributed by atoms with E-state index in [1.54, 1.807) is 0 Å². The quantitative estimate of drug-likeness (QED) is 0.148. The van der Waals surface area contributed by atoms with Crippen molar-refractivity contribution in [2.75, 3.05) is 0 Å². The van der Waals surface area contributed by atoms with Crippen LogP contribution in [0.3, 0.4) is 0 Å². The third-order valence-electron chi connectivity index (χ3n) is 26.8. The van der Waals surface area contributed by atoms with E-state index in [0.29, 0.717) is 34.9 Å². The lowest BCUT2D eigenvalue weighted by Gasteiger charge is -2.45. The molecule has 128 heavy (non-hydrogen) atoms. The van der Waals surface area contributed by atoms with Gasteiger partial charge in [0.25, 0.3) is 0 Å². The van der Waals surface area contributed by atoms with Crippen LogP contribution in [-0.4, -0.2) is 48.2 Å². The van der Waals surface area contributed by atoms with Gasteiger partial charge in [0.15, 0.2) is 46.4 Å². The van der Waals surface area contributed by atoms with Gasteiger partial charge in [0, 0.05) is 110 Å². The maximum Gasteiger partial charge on any atom is 0.164 e. The van der Waals surface area contributed by atoms with Crippen LogP contribution in [0.4, 0.5) is 0 Å². The Balaban J connectivity index is 0.000000132. The summed E-state index contributed by atoms with van der Waals surface area (Å²) in [6.45, 7) is 0. The first kappa shape index (κ1) is 71.4. The first-order chi connectivity index (χ1) is 63.5. The predicted molar refractivity (Wildman–Crippen MR) is 514 cm³/mol. The van der Waals surface area contributed by atoms with E-state index in [9.17, 15) is 0 Å². The number of para-hydroxylation sites is 10. The Labute approximate surface area is 734 Å². The van der Waals surface area contributed by atoms with Crippen LogP contribution in [0.5, 0.6) is 23.0 Å². The van der Waals surface area contributed by atoms with Crippen molar-refractivity contribution in [2.24, 2.45) is 0 Å². The Morgan fingerprint density at radius 3 is 0.875 bits per heavy atom. The zero-order chi connectivity index (χ0) is 83.9. The van der Waals surface area contributed by atoms with Gasteiger partial charge in [-0.25, -0.2) is 29.9 Å². The average molecular weight is 1640 g/mol. The monoisotopic (exact) mass is 1630 g/mol. The van der Waals surface area contributed by atoms with Gasteiger partial charge in [0.05, 0.1) is 66.3 Å². The summed E-state index contributed by atoms with van der Waals surface area (Å²) in [5.74, 6) is 7.12. The molecule has 0 bridgehead atoms. The van der Waals surface area contributed by atoms with E-state index in [1.807, 2.05) is 121 Å². The van der Waals surface area contributed by atoms with Crippen LogP contribution in [0, 0.1) is 0 Å². The normalized spacial score (nSPS) is 14.8. The average Bonchev–Trinajstić information content (AvgIpc) is 1.36. The second-order valence-corrected chi connectivity index (χ2v) is 33.4. The summed E-state index contributed by atoms with van der Waals surface area (Å²) in [6, 6.07) is 151. The standard InChI is InChI=1S/2C58H35N5O/c1-3-17-36(18-4-1)55-59-56(37-19-5-2-6-20-37)61-57(60-55)38-21-15-22-39(35-38)62-48-29-11-7-24-41(48)43-33-34-47-54(53(43)62)64-51-32-14-10-27-45(51)58(47)44-26-9-13-31-50(44)63-49-30-12-8-23-40(49)42-25-16-28-46(58)52(42)63;1-3-16-36(17-4-1)55-59-56(37-18-5-2-6-19-37)61-57(60-55)38-30-32-39(33-31-38)62-48-26-11-7-21-41(48)43-34-35-47-54(53(43)62)64-51-29-14-10-24-45(51)58(47)44-23-9-13-28-50(44)63-49-27-12-8-20-40(49)42-22-15-25-46(58)52(42)63/h2*1-35H. The lowest BCUT2D eigenvalue weighted by molar-refractivity contribution is 0.437. The van der Waals surface area contributed by atoms with Gasteiger partial charge in [0.1, 0.15) is 11.5 Å². The van der Waals surface area contributed by atoms with Crippen molar-refractivity contribution >= 4 is 87.2 Å². The van der Waals surface area contributed by atoms with Crippen molar-refractivity contribution in [1.82, 2.24) is 48.2 Å². The number of aromatic nitrogens is 10. The van der Waals surface area contributed by atoms with E-state index in [1.165, 1.54) is 77.2 Å². The van der Waals surface area contributed by atoms with E-state index < -0.39 is 10.8 Å². The molecule has 0 amide bonds. The molecule has 4 aliphatic heterocycles. The Morgan fingerprint density at radius 2 is 0.469 bits per heavy atom. The third kappa shape index (κ3) is 10.2. The minimum atomic E-state index is -0.700. The number of hydrogen-bond donors (Lipinski definition) is 0. The van der Waals surface area contributed by atoms with Gasteiger partial charge >= 0.3 is 0 Å². The molecule has 0 saturated heterocycles. The zero-order valence-electron chi connectivity index (χ0n) is 68.7. The summed E-state index contributed by atoms with van der Waals surface area (Å²) in [7, 11) is 0. The predicted octanol–water partition coefficient (Wildman–Crippen LogP) is 27.7. The number of rotatable bonds is 8. The summed E-state index contributed by atoms with van der Waals surface area (Å²) < 4.78 is 24.4. The Hall–Kier alpha value is -17.2. The van der Waals surface area contributed by atoms with Crippen LogP contribution in [0.15, 0.2) is 425 Å². The van der Waals surface area contributed by atoms with E-state index in [4.69, 9.17) is 39.4 Å². The fourth-order valence-corrected chi connectivity index (χ4v) is 21.6. The maximum atomic E-state index is 7.35. The van der Waals surface area contributed by atoms with Gasteiger partial charge in [-0.2, -0.15) is 0 Å². The minimum absolute atomic E-state index is 0.601. The molecule has 0 fully saturated rings. The van der Waals surface area contributed by atoms with Crippen molar-refractivity contribution in [1.29, 1.82) is 0 Å². The SMILES string of the molecule is c1ccc(-c2nc(-c3ccccc3)nc(-c3ccc(-n4c5ccccc5c5ccc6c(c54)Oc4ccccc4C64c5ccccc5-n5c6ccccc6c6cccc4c65)cc3)n2)cc1.c1ccc(-c2nc(-c3ccccc3)nc(-c3cccc(-n4c5ccccc5c5ccc6c(c54)Oc4ccccc4C64c5ccccc5-n5c6ccccc6c6cccc4c65)c3)n2)cc1. The van der Waals surface area contributed by atoms with Gasteiger partial charge in [-0.05, 0) is 107 Å². The van der Waals surface area contributed by atoms with Crippen LogP contribution in [0.1, 0.15) is 44.5 Å². The van der Waals surface area contributed by atoms with Crippen LogP contribution < -0.4 is 9.47 Å². The Bertz CT molecular complexity index is 8660. The van der Waals surface area contributed by atoms with Gasteiger partial charge in [-0.3, -0.25) is 0 Å². The van der Waals surface area contributed by atoms with E-state index >= 15 is 0 Å². The first-order valence-electron chi connectivity index (χ1n) is 43.4. The molecule has 18 aromatic carbocycles. The molecular formula is C116H70N10O2. The number of ether oxygens (including phenoxy) is 2. The molecule has 4 aliphatic rings. The molecule has 24 aromatic rings. The lowest BCUT2D eigenvalue weighted by atomic mass is 9.61. The molecule has 0 radical (unpaired) electrons. The van der Waals surface area contributed by atoms with Crippen LogP contribution in [0.2, 0.25) is 0 Å². The largest absolute Gasteiger partial charge is 0.454 e. The molecule has 12 nitrogen and oxygen atoms in total. The van der Waals surface area contributed by atoms with Crippen molar-refractivity contribution in [3.05, 3.63) is 469 Å². The summed E-state index contributed by atoms with van der Waals surface area (Å²) in [6.07, 6.45) is 0. The maximum absolute atomic E-state index is 7.35. The van der Waals surface area contributed by atoms with Crippen molar-refractivity contribution in [2.45, 2.75) is 10.8 Å². The number of nitrogens with zero attached hydrogens (tertiary/aromatic N) is 10. The Kier molecular flexibility index (Phi) is 15.4. The van der Waals surface area contributed by atoms with E-state index in [-0.39, 0.29) is 0 Å². The molecule has 28 rings (SSSR count). The topological polar surface area (TPSA) is 116 Å². The molecule has 0 N–H and O–H groups in total. The molecule has 12 heteroatoms. The fourth-order valence-electron chi connectivity index (χ4n) is 21.6. The highest BCUT2D eigenvalue weighted by atomic mass is 16.5. The van der Waals surface area contributed by atoms with Crippen LogP contribution >= 0.6 is 0 Å². The number of hydrogen-bond acceptors (Lipinski definition) is 8. The molecule has 10 heterocycles. The van der Waals surface area contributed by atoms with Gasteiger partial charge < -0.3 is 27.7 Å². The second-order valence-electron chi connectivity index (χ2n) is 33.4. The minimum Gasteiger partial charge on any atom is -0.454 e. The van der Waals surface area contributed by atoms with E-state index in [2.05, 4.69) is 322 Å². The molecule has 2 spiro atoms. The van der Waals surface area contributed by atoms with Gasteiger partial charge in [-0.1, -0.05) is 340 Å². The molecule has 2 atom stereocenters. The van der Waals surface area contributed by atoms with Crippen molar-refractivity contribution in [3.8, 4) is 114 Å². The van der Waals surface area contributed by atoms with Crippen molar-refractivity contribution in [3.63, 3.8) is 0 Å². The second kappa shape index (κ2) is 27.6. The summed E-state index contributed by atoms with van der Waals surface area (Å²) in [5, 5.41) is 9.51. The first-order valence-corrected chi connectivity index (χ1v) is 43.4. The van der Waals surface area contributed by atoms with Gasteiger partial charge in [-0.15, -0.1) is 0 Å². The molecule has 596 valence electrons. The summed E-state index contributed by atoms with van der Waals surface area (Å²) in [4.78, 5) is 30.2. The lowest BCUT2D eigenvalue weighted by Crippen LogP contribution is -2.37.